The van der Waals surface area contributed by atoms with Crippen LogP contribution >= 0.6 is 23.4 Å². The molecule has 1 aromatic carbocycles. The summed E-state index contributed by atoms with van der Waals surface area (Å²) in [4.78, 5) is 23.4. The van der Waals surface area contributed by atoms with Crippen LogP contribution < -0.4 is 0 Å². The lowest BCUT2D eigenvalue weighted by molar-refractivity contribution is -0.142. The summed E-state index contributed by atoms with van der Waals surface area (Å²) in [5.41, 5.74) is 0. The molecule has 0 spiro atoms. The number of benzene rings is 1. The lowest BCUT2D eigenvalue weighted by Gasteiger charge is -2.10. The maximum Gasteiger partial charge on any atom is 0.326 e. The number of thioether (sulfide) groups is 1. The highest BCUT2D eigenvalue weighted by atomic mass is 35.5. The largest absolute Gasteiger partial charge is 0.468 e. The standard InChI is InChI=1S/C11H11ClO3S/c1-7(13)10(11(14)15-2)16-9-5-3-8(12)4-6-9/h3-6,10H,1-2H3. The molecule has 0 aliphatic carbocycles. The Labute approximate surface area is 103 Å². The van der Waals surface area contributed by atoms with E-state index in [2.05, 4.69) is 4.74 Å². The zero-order chi connectivity index (χ0) is 12.1. The number of carbonyl (C=O) groups is 2. The molecule has 0 fully saturated rings. The molecule has 1 aromatic rings. The van der Waals surface area contributed by atoms with Crippen molar-refractivity contribution in [3.63, 3.8) is 0 Å². The highest BCUT2D eigenvalue weighted by Crippen LogP contribution is 2.26. The van der Waals surface area contributed by atoms with E-state index >= 15 is 0 Å². The number of hydrogen-bond donors (Lipinski definition) is 0. The van der Waals surface area contributed by atoms with Crippen molar-refractivity contribution < 1.29 is 14.3 Å². The summed E-state index contributed by atoms with van der Waals surface area (Å²) in [6, 6.07) is 6.93. The third kappa shape index (κ3) is 3.54. The van der Waals surface area contributed by atoms with Crippen LogP contribution in [0.15, 0.2) is 29.2 Å². The Morgan fingerprint density at radius 3 is 2.31 bits per heavy atom. The van der Waals surface area contributed by atoms with Crippen LogP contribution in [0.1, 0.15) is 6.92 Å². The molecule has 16 heavy (non-hydrogen) atoms. The molecule has 1 rings (SSSR count). The van der Waals surface area contributed by atoms with Gasteiger partial charge in [0.15, 0.2) is 11.0 Å². The molecule has 86 valence electrons. The minimum atomic E-state index is -0.814. The smallest absolute Gasteiger partial charge is 0.326 e. The number of ether oxygens (including phenoxy) is 1. The monoisotopic (exact) mass is 258 g/mol. The Hall–Kier alpha value is -1.00. The van der Waals surface area contributed by atoms with E-state index in [1.165, 1.54) is 14.0 Å². The van der Waals surface area contributed by atoms with Crippen molar-refractivity contribution >= 4 is 35.1 Å². The van der Waals surface area contributed by atoms with Crippen LogP contribution in [-0.2, 0) is 14.3 Å². The van der Waals surface area contributed by atoms with Gasteiger partial charge >= 0.3 is 5.97 Å². The zero-order valence-electron chi connectivity index (χ0n) is 8.90. The predicted molar refractivity (Wildman–Crippen MR) is 63.8 cm³/mol. The molecule has 0 aromatic heterocycles. The van der Waals surface area contributed by atoms with Crippen LogP contribution in [0.5, 0.6) is 0 Å². The van der Waals surface area contributed by atoms with Crippen molar-refractivity contribution in [2.24, 2.45) is 0 Å². The molecule has 0 saturated heterocycles. The van der Waals surface area contributed by atoms with Crippen LogP contribution in [0.2, 0.25) is 5.02 Å². The van der Waals surface area contributed by atoms with E-state index < -0.39 is 11.2 Å². The average molecular weight is 259 g/mol. The van der Waals surface area contributed by atoms with Gasteiger partial charge in [0.1, 0.15) is 0 Å². The Kier molecular flexibility index (Phi) is 4.83. The summed E-state index contributed by atoms with van der Waals surface area (Å²) < 4.78 is 4.56. The molecule has 3 nitrogen and oxygen atoms in total. The number of carbonyl (C=O) groups excluding carboxylic acids is 2. The van der Waals surface area contributed by atoms with Gasteiger partial charge in [0.25, 0.3) is 0 Å². The Morgan fingerprint density at radius 2 is 1.88 bits per heavy atom. The van der Waals surface area contributed by atoms with Gasteiger partial charge in [-0.1, -0.05) is 11.6 Å². The van der Waals surface area contributed by atoms with Crippen molar-refractivity contribution in [2.45, 2.75) is 17.1 Å². The number of rotatable bonds is 4. The maximum atomic E-state index is 11.3. The van der Waals surface area contributed by atoms with Crippen LogP contribution in [0.3, 0.4) is 0 Å². The van der Waals surface area contributed by atoms with Crippen LogP contribution in [0.25, 0.3) is 0 Å². The number of esters is 1. The van der Waals surface area contributed by atoms with E-state index in [1.54, 1.807) is 24.3 Å². The first-order valence-corrected chi connectivity index (χ1v) is 5.81. The van der Waals surface area contributed by atoms with Gasteiger partial charge in [-0.3, -0.25) is 9.59 Å². The first kappa shape index (κ1) is 13.1. The highest BCUT2D eigenvalue weighted by Gasteiger charge is 2.25. The topological polar surface area (TPSA) is 43.4 Å². The van der Waals surface area contributed by atoms with Gasteiger partial charge in [-0.15, -0.1) is 11.8 Å². The molecule has 1 atom stereocenters. The van der Waals surface area contributed by atoms with E-state index in [0.717, 1.165) is 16.7 Å². The van der Waals surface area contributed by atoms with Crippen LogP contribution in [-0.4, -0.2) is 24.1 Å². The molecule has 0 radical (unpaired) electrons. The third-order valence-electron chi connectivity index (χ3n) is 1.85. The van der Waals surface area contributed by atoms with Crippen LogP contribution in [0.4, 0.5) is 0 Å². The summed E-state index contributed by atoms with van der Waals surface area (Å²) in [6.07, 6.45) is 0. The van der Waals surface area contributed by atoms with Gasteiger partial charge in [-0.05, 0) is 31.2 Å². The quantitative estimate of drug-likeness (QED) is 0.473. The predicted octanol–water partition coefficient (Wildman–Crippen LogP) is 2.56. The Morgan fingerprint density at radius 1 is 1.31 bits per heavy atom. The summed E-state index contributed by atoms with van der Waals surface area (Å²) >= 11 is 6.89. The molecule has 0 aliphatic heterocycles. The second-order valence-electron chi connectivity index (χ2n) is 3.09. The second kappa shape index (κ2) is 5.92. The Balaban J connectivity index is 2.80. The van der Waals surface area contributed by atoms with Crippen LogP contribution in [0, 0.1) is 0 Å². The third-order valence-corrected chi connectivity index (χ3v) is 3.41. The van der Waals surface area contributed by atoms with Gasteiger partial charge in [-0.2, -0.15) is 0 Å². The van der Waals surface area contributed by atoms with Crippen molar-refractivity contribution in [1.82, 2.24) is 0 Å². The molecule has 0 N–H and O–H groups in total. The molecule has 0 saturated carbocycles. The molecule has 0 amide bonds. The average Bonchev–Trinajstić information content (AvgIpc) is 2.27. The Bertz CT molecular complexity index is 389. The molecular weight excluding hydrogens is 248 g/mol. The first-order valence-electron chi connectivity index (χ1n) is 4.55. The van der Waals surface area contributed by atoms with E-state index in [-0.39, 0.29) is 5.78 Å². The molecule has 0 heterocycles. The van der Waals surface area contributed by atoms with Crippen molar-refractivity contribution in [3.05, 3.63) is 29.3 Å². The number of methoxy groups -OCH3 is 1. The molecule has 5 heteroatoms. The number of hydrogen-bond acceptors (Lipinski definition) is 4. The van der Waals surface area contributed by atoms with E-state index in [4.69, 9.17) is 11.6 Å². The van der Waals surface area contributed by atoms with Gasteiger partial charge < -0.3 is 4.74 Å². The molecule has 1 unspecified atom stereocenters. The fourth-order valence-electron chi connectivity index (χ4n) is 1.05. The molecule has 0 aliphatic rings. The van der Waals surface area contributed by atoms with E-state index in [0.29, 0.717) is 5.02 Å². The minimum absolute atomic E-state index is 0.230. The normalized spacial score (nSPS) is 11.9. The fourth-order valence-corrected chi connectivity index (χ4v) is 2.10. The minimum Gasteiger partial charge on any atom is -0.468 e. The zero-order valence-corrected chi connectivity index (χ0v) is 10.5. The van der Waals surface area contributed by atoms with Crippen molar-refractivity contribution in [1.29, 1.82) is 0 Å². The van der Waals surface area contributed by atoms with Gasteiger partial charge in [-0.25, -0.2) is 0 Å². The molecular formula is C11H11ClO3S. The lowest BCUT2D eigenvalue weighted by atomic mass is 10.3. The van der Waals surface area contributed by atoms with Gasteiger partial charge in [0, 0.05) is 9.92 Å². The second-order valence-corrected chi connectivity index (χ2v) is 4.70. The summed E-state index contributed by atoms with van der Waals surface area (Å²) in [6.45, 7) is 1.37. The molecule has 0 bridgehead atoms. The summed E-state index contributed by atoms with van der Waals surface area (Å²) in [5.74, 6) is -0.765. The number of ketones is 1. The number of Topliss-reactive ketones (excluding diaryl/α,β-unsaturated/α-hetero) is 1. The van der Waals surface area contributed by atoms with Crippen molar-refractivity contribution in [2.75, 3.05) is 7.11 Å². The van der Waals surface area contributed by atoms with Gasteiger partial charge in [0.2, 0.25) is 0 Å². The number of halogens is 1. The SMILES string of the molecule is COC(=O)C(Sc1ccc(Cl)cc1)C(C)=O. The summed E-state index contributed by atoms with van der Waals surface area (Å²) in [7, 11) is 1.26. The van der Waals surface area contributed by atoms with E-state index in [9.17, 15) is 9.59 Å². The van der Waals surface area contributed by atoms with Crippen molar-refractivity contribution in [3.8, 4) is 0 Å². The lowest BCUT2D eigenvalue weighted by Crippen LogP contribution is -2.25. The highest BCUT2D eigenvalue weighted by molar-refractivity contribution is 8.01. The first-order chi connectivity index (χ1) is 7.54. The fraction of sp³-hybridized carbons (Fsp3) is 0.273. The summed E-state index contributed by atoms with van der Waals surface area (Å²) in [5, 5.41) is -0.201. The van der Waals surface area contributed by atoms with E-state index in [1.807, 2.05) is 0 Å². The van der Waals surface area contributed by atoms with Gasteiger partial charge in [0.05, 0.1) is 7.11 Å². The maximum absolute atomic E-state index is 11.3.